The molecule has 2 N–H and O–H groups in total. The maximum Gasteiger partial charge on any atom is 0.436 e. The van der Waals surface area contributed by atoms with Crippen molar-refractivity contribution in [2.75, 3.05) is 6.61 Å². The van der Waals surface area contributed by atoms with Crippen LogP contribution in [0.3, 0.4) is 0 Å². The van der Waals surface area contributed by atoms with Crippen molar-refractivity contribution >= 4 is 11.9 Å². The monoisotopic (exact) mass is 398 g/mol. The molecule has 0 aliphatic carbocycles. The van der Waals surface area contributed by atoms with Crippen LogP contribution in [-0.4, -0.2) is 30.3 Å². The summed E-state index contributed by atoms with van der Waals surface area (Å²) >= 11 is 0. The molecule has 0 saturated heterocycles. The van der Waals surface area contributed by atoms with Crippen LogP contribution in [0.25, 0.3) is 0 Å². The highest BCUT2D eigenvalue weighted by Gasteiger charge is 2.63. The highest BCUT2D eigenvalue weighted by atomic mass is 19.4. The molecule has 1 amide bonds. The molecule has 28 heavy (non-hydrogen) atoms. The molecule has 0 radical (unpaired) electrons. The third-order valence-electron chi connectivity index (χ3n) is 3.81. The van der Waals surface area contributed by atoms with Gasteiger partial charge in [0.15, 0.2) is 0 Å². The molecular formula is C19H18F4N2O3. The van der Waals surface area contributed by atoms with E-state index in [1.54, 1.807) is 35.6 Å². The second kappa shape index (κ2) is 8.83. The molecule has 0 heterocycles. The molecule has 1 atom stereocenters. The van der Waals surface area contributed by atoms with Crippen LogP contribution in [0.2, 0.25) is 0 Å². The van der Waals surface area contributed by atoms with Gasteiger partial charge in [0, 0.05) is 12.1 Å². The molecule has 150 valence electrons. The second-order valence-corrected chi connectivity index (χ2v) is 5.77. The fraction of sp³-hybridized carbons (Fsp3) is 0.263. The average molecular weight is 398 g/mol. The van der Waals surface area contributed by atoms with E-state index in [0.29, 0.717) is 5.56 Å². The fourth-order valence-corrected chi connectivity index (χ4v) is 2.37. The van der Waals surface area contributed by atoms with Crippen LogP contribution in [0.1, 0.15) is 22.8 Å². The van der Waals surface area contributed by atoms with Gasteiger partial charge in [-0.1, -0.05) is 30.3 Å². The molecule has 0 fully saturated rings. The second-order valence-electron chi connectivity index (χ2n) is 5.77. The summed E-state index contributed by atoms with van der Waals surface area (Å²) in [6.45, 7) is 0.650. The van der Waals surface area contributed by atoms with Gasteiger partial charge in [0.05, 0.1) is 6.61 Å². The summed E-state index contributed by atoms with van der Waals surface area (Å²) in [5.41, 5.74) is -3.28. The van der Waals surface area contributed by atoms with Gasteiger partial charge in [-0.3, -0.25) is 10.1 Å². The number of hydrogen-bond acceptors (Lipinski definition) is 4. The molecule has 2 aromatic rings. The Morgan fingerprint density at radius 1 is 1.00 bits per heavy atom. The summed E-state index contributed by atoms with van der Waals surface area (Å²) in [4.78, 5) is 24.6. The van der Waals surface area contributed by atoms with E-state index in [0.717, 1.165) is 24.3 Å². The van der Waals surface area contributed by atoms with Gasteiger partial charge in [0.25, 0.3) is 11.6 Å². The molecule has 0 aromatic heterocycles. The van der Waals surface area contributed by atoms with Gasteiger partial charge in [0.2, 0.25) is 0 Å². The molecule has 0 aliphatic rings. The van der Waals surface area contributed by atoms with E-state index in [1.807, 2.05) is 0 Å². The van der Waals surface area contributed by atoms with E-state index >= 15 is 0 Å². The first kappa shape index (κ1) is 21.4. The van der Waals surface area contributed by atoms with Crippen LogP contribution < -0.4 is 10.6 Å². The number of rotatable bonds is 7. The zero-order valence-corrected chi connectivity index (χ0v) is 14.8. The SMILES string of the molecule is CCOC(=O)[C@@](NCc1ccccc1)(NC(=O)c1ccc(F)cc1)C(F)(F)F. The normalized spacial score (nSPS) is 13.5. The lowest BCUT2D eigenvalue weighted by atomic mass is 10.1. The first-order valence-corrected chi connectivity index (χ1v) is 8.30. The van der Waals surface area contributed by atoms with Gasteiger partial charge in [-0.05, 0) is 36.8 Å². The standard InChI is InChI=1S/C19H18F4N2O3/c1-2-28-17(27)18(19(21,22)23,24-12-13-6-4-3-5-7-13)25-16(26)14-8-10-15(20)11-9-14/h3-11,24H,2,12H2,1H3,(H,25,26)/t18-/m1/s1. The lowest BCUT2D eigenvalue weighted by Crippen LogP contribution is -2.72. The van der Waals surface area contributed by atoms with Crippen molar-refractivity contribution in [3.05, 3.63) is 71.5 Å². The number of nitrogens with one attached hydrogen (secondary N) is 2. The van der Waals surface area contributed by atoms with Crippen molar-refractivity contribution < 1.29 is 31.9 Å². The van der Waals surface area contributed by atoms with Gasteiger partial charge in [-0.2, -0.15) is 13.2 Å². The van der Waals surface area contributed by atoms with Gasteiger partial charge in [-0.25, -0.2) is 9.18 Å². The largest absolute Gasteiger partial charge is 0.463 e. The van der Waals surface area contributed by atoms with Crippen LogP contribution in [0.4, 0.5) is 17.6 Å². The van der Waals surface area contributed by atoms with Gasteiger partial charge >= 0.3 is 12.1 Å². The average Bonchev–Trinajstić information content (AvgIpc) is 2.65. The van der Waals surface area contributed by atoms with E-state index in [9.17, 15) is 27.2 Å². The number of esters is 1. The van der Waals surface area contributed by atoms with Crippen molar-refractivity contribution in [1.82, 2.24) is 10.6 Å². The van der Waals surface area contributed by atoms with Crippen LogP contribution >= 0.6 is 0 Å². The Hall–Kier alpha value is -2.94. The van der Waals surface area contributed by atoms with Crippen LogP contribution in [0, 0.1) is 5.82 Å². The quantitative estimate of drug-likeness (QED) is 0.427. The predicted octanol–water partition coefficient (Wildman–Crippen LogP) is 3.17. The Kier molecular flexibility index (Phi) is 6.74. The molecule has 0 spiro atoms. The molecular weight excluding hydrogens is 380 g/mol. The maximum absolute atomic E-state index is 14.0. The number of ether oxygens (including phenoxy) is 1. The number of hydrogen-bond donors (Lipinski definition) is 2. The number of benzene rings is 2. The lowest BCUT2D eigenvalue weighted by Gasteiger charge is -2.34. The zero-order chi connectivity index (χ0) is 20.8. The molecule has 0 aliphatic heterocycles. The molecule has 0 unspecified atom stereocenters. The van der Waals surface area contributed by atoms with Gasteiger partial charge < -0.3 is 10.1 Å². The molecule has 9 heteroatoms. The van der Waals surface area contributed by atoms with Crippen molar-refractivity contribution in [3.8, 4) is 0 Å². The van der Waals surface area contributed by atoms with Crippen LogP contribution in [-0.2, 0) is 16.1 Å². The van der Waals surface area contributed by atoms with Crippen molar-refractivity contribution in [1.29, 1.82) is 0 Å². The first-order chi connectivity index (χ1) is 13.2. The van der Waals surface area contributed by atoms with Crippen molar-refractivity contribution in [2.45, 2.75) is 25.3 Å². The first-order valence-electron chi connectivity index (χ1n) is 8.30. The maximum atomic E-state index is 14.0. The molecule has 5 nitrogen and oxygen atoms in total. The van der Waals surface area contributed by atoms with Crippen LogP contribution in [0.5, 0.6) is 0 Å². The van der Waals surface area contributed by atoms with Gasteiger partial charge in [-0.15, -0.1) is 0 Å². The Morgan fingerprint density at radius 3 is 2.14 bits per heavy atom. The minimum Gasteiger partial charge on any atom is -0.463 e. The van der Waals surface area contributed by atoms with E-state index in [-0.39, 0.29) is 18.7 Å². The minimum atomic E-state index is -5.22. The third kappa shape index (κ3) is 4.86. The number of alkyl halides is 3. The van der Waals surface area contributed by atoms with Gasteiger partial charge in [0.1, 0.15) is 5.82 Å². The van der Waals surface area contributed by atoms with E-state index in [1.165, 1.54) is 6.92 Å². The number of carbonyl (C=O) groups is 2. The number of halogens is 4. The van der Waals surface area contributed by atoms with Crippen molar-refractivity contribution in [2.24, 2.45) is 0 Å². The summed E-state index contributed by atoms with van der Waals surface area (Å²) in [7, 11) is 0. The highest BCUT2D eigenvalue weighted by Crippen LogP contribution is 2.30. The Balaban J connectivity index is 2.38. The Bertz CT molecular complexity index is 810. The number of carbonyl (C=O) groups excluding carboxylic acids is 2. The summed E-state index contributed by atoms with van der Waals surface area (Å²) < 4.78 is 59.5. The lowest BCUT2D eigenvalue weighted by molar-refractivity contribution is -0.219. The van der Waals surface area contributed by atoms with E-state index in [2.05, 4.69) is 10.1 Å². The molecule has 0 saturated carbocycles. The molecule has 0 bridgehead atoms. The summed E-state index contributed by atoms with van der Waals surface area (Å²) in [6.07, 6.45) is -5.22. The van der Waals surface area contributed by atoms with E-state index < -0.39 is 29.5 Å². The van der Waals surface area contributed by atoms with Crippen LogP contribution in [0.15, 0.2) is 54.6 Å². The predicted molar refractivity (Wildman–Crippen MR) is 92.6 cm³/mol. The summed E-state index contributed by atoms with van der Waals surface area (Å²) in [5.74, 6) is -3.58. The smallest absolute Gasteiger partial charge is 0.436 e. The fourth-order valence-electron chi connectivity index (χ4n) is 2.37. The molecule has 2 rings (SSSR count). The molecule has 2 aromatic carbocycles. The summed E-state index contributed by atoms with van der Waals surface area (Å²) in [6, 6.07) is 11.9. The summed E-state index contributed by atoms with van der Waals surface area (Å²) in [5, 5.41) is 3.77. The highest BCUT2D eigenvalue weighted by molar-refractivity contribution is 5.98. The third-order valence-corrected chi connectivity index (χ3v) is 3.81. The van der Waals surface area contributed by atoms with Crippen molar-refractivity contribution in [3.63, 3.8) is 0 Å². The topological polar surface area (TPSA) is 67.4 Å². The number of amides is 1. The zero-order valence-electron chi connectivity index (χ0n) is 14.8. The minimum absolute atomic E-state index is 0.249. The van der Waals surface area contributed by atoms with E-state index in [4.69, 9.17) is 0 Å². The Labute approximate surface area is 158 Å². The Morgan fingerprint density at radius 2 is 1.61 bits per heavy atom.